The van der Waals surface area contributed by atoms with Gasteiger partial charge in [0.1, 0.15) is 12.4 Å². The van der Waals surface area contributed by atoms with Crippen molar-refractivity contribution in [3.63, 3.8) is 0 Å². The molecule has 1 aromatic carbocycles. The average Bonchev–Trinajstić information content (AvgIpc) is 3.23. The van der Waals surface area contributed by atoms with E-state index in [1.165, 1.54) is 12.8 Å². The number of hydrogen-bond acceptors (Lipinski definition) is 2. The van der Waals surface area contributed by atoms with Crippen LogP contribution in [0.2, 0.25) is 0 Å². The van der Waals surface area contributed by atoms with Gasteiger partial charge in [-0.05, 0) is 37.8 Å². The number of carbonyl (C=O) groups excluding carboxylic acids is 1. The molecule has 1 unspecified atom stereocenters. The zero-order valence-corrected chi connectivity index (χ0v) is 12.1. The van der Waals surface area contributed by atoms with Crippen molar-refractivity contribution >= 4 is 16.9 Å². The quantitative estimate of drug-likeness (QED) is 0.908. The maximum Gasteiger partial charge on any atom is 0.240 e. The highest BCUT2D eigenvalue weighted by Gasteiger charge is 2.29. The minimum absolute atomic E-state index is 0.0854. The van der Waals surface area contributed by atoms with Crippen molar-refractivity contribution in [1.82, 2.24) is 14.9 Å². The van der Waals surface area contributed by atoms with Crippen LogP contribution in [0.5, 0.6) is 0 Å². The van der Waals surface area contributed by atoms with Crippen LogP contribution in [0.15, 0.2) is 24.3 Å². The minimum Gasteiger partial charge on any atom is -0.352 e. The first kappa shape index (κ1) is 13.2. The van der Waals surface area contributed by atoms with E-state index in [0.29, 0.717) is 18.5 Å². The van der Waals surface area contributed by atoms with Gasteiger partial charge >= 0.3 is 0 Å². The van der Waals surface area contributed by atoms with Crippen molar-refractivity contribution in [3.05, 3.63) is 30.1 Å². The summed E-state index contributed by atoms with van der Waals surface area (Å²) in [5, 5.41) is 3.11. The number of nitrogens with zero attached hydrogens (tertiary/aromatic N) is 2. The lowest BCUT2D eigenvalue weighted by molar-refractivity contribution is -0.122. The third-order valence-electron chi connectivity index (χ3n) is 4.07. The molecule has 4 nitrogen and oxygen atoms in total. The van der Waals surface area contributed by atoms with Crippen LogP contribution >= 0.6 is 0 Å². The van der Waals surface area contributed by atoms with Crippen LogP contribution in [0.4, 0.5) is 0 Å². The normalized spacial score (nSPS) is 16.3. The Morgan fingerprint density at radius 1 is 1.45 bits per heavy atom. The highest BCUT2D eigenvalue weighted by molar-refractivity contribution is 5.81. The second kappa shape index (κ2) is 5.27. The molecule has 0 saturated heterocycles. The molecule has 1 N–H and O–H groups in total. The number of para-hydroxylation sites is 2. The Morgan fingerprint density at radius 2 is 2.20 bits per heavy atom. The van der Waals surface area contributed by atoms with E-state index in [-0.39, 0.29) is 5.91 Å². The van der Waals surface area contributed by atoms with Crippen molar-refractivity contribution in [2.45, 2.75) is 45.7 Å². The van der Waals surface area contributed by atoms with Crippen LogP contribution in [0, 0.1) is 5.92 Å². The number of benzene rings is 1. The first-order valence-corrected chi connectivity index (χ1v) is 7.42. The Balaban J connectivity index is 1.80. The van der Waals surface area contributed by atoms with Crippen LogP contribution in [-0.4, -0.2) is 21.5 Å². The summed E-state index contributed by atoms with van der Waals surface area (Å²) in [6.07, 6.45) is 3.32. The number of fused-ring (bicyclic) bond motifs is 1. The number of aromatic nitrogens is 2. The summed E-state index contributed by atoms with van der Waals surface area (Å²) in [6.45, 7) is 4.53. The summed E-state index contributed by atoms with van der Waals surface area (Å²) in [7, 11) is 0. The molecule has 2 aromatic rings. The van der Waals surface area contributed by atoms with Crippen molar-refractivity contribution in [2.24, 2.45) is 5.92 Å². The van der Waals surface area contributed by atoms with Gasteiger partial charge in [-0.3, -0.25) is 4.79 Å². The summed E-state index contributed by atoms with van der Waals surface area (Å²) in [4.78, 5) is 16.8. The largest absolute Gasteiger partial charge is 0.352 e. The summed E-state index contributed by atoms with van der Waals surface area (Å²) < 4.78 is 2.03. The fourth-order valence-electron chi connectivity index (χ4n) is 2.73. The molecule has 1 atom stereocenters. The zero-order chi connectivity index (χ0) is 14.1. The number of aryl methyl sites for hydroxylation is 1. The number of nitrogens with one attached hydrogen (secondary N) is 1. The molecule has 1 heterocycles. The van der Waals surface area contributed by atoms with Gasteiger partial charge in [0.25, 0.3) is 0 Å². The Labute approximate surface area is 119 Å². The van der Waals surface area contributed by atoms with Gasteiger partial charge in [0, 0.05) is 12.5 Å². The molecule has 0 radical (unpaired) electrons. The SMILES string of the molecule is CCc1nc2ccccc2n1CC(=O)NC(C)C1CC1. The summed E-state index contributed by atoms with van der Waals surface area (Å²) in [5.74, 6) is 1.74. The average molecular weight is 271 g/mol. The molecule has 3 rings (SSSR count). The second-order valence-corrected chi connectivity index (χ2v) is 5.65. The van der Waals surface area contributed by atoms with Gasteiger partial charge in [0.15, 0.2) is 0 Å². The lowest BCUT2D eigenvalue weighted by Gasteiger charge is -2.14. The fraction of sp³-hybridized carbons (Fsp3) is 0.500. The molecule has 1 aliphatic rings. The van der Waals surface area contributed by atoms with Gasteiger partial charge in [0.05, 0.1) is 11.0 Å². The first-order chi connectivity index (χ1) is 9.69. The smallest absolute Gasteiger partial charge is 0.240 e. The monoisotopic (exact) mass is 271 g/mol. The Bertz CT molecular complexity index is 628. The van der Waals surface area contributed by atoms with Crippen LogP contribution in [0.25, 0.3) is 11.0 Å². The van der Waals surface area contributed by atoms with E-state index < -0.39 is 0 Å². The van der Waals surface area contributed by atoms with E-state index in [4.69, 9.17) is 0 Å². The van der Waals surface area contributed by atoms with Crippen molar-refractivity contribution in [3.8, 4) is 0 Å². The van der Waals surface area contributed by atoms with Crippen LogP contribution < -0.4 is 5.32 Å². The van der Waals surface area contributed by atoms with Crippen molar-refractivity contribution < 1.29 is 4.79 Å². The van der Waals surface area contributed by atoms with Crippen LogP contribution in [0.3, 0.4) is 0 Å². The standard InChI is InChI=1S/C16H21N3O/c1-3-15-18-13-6-4-5-7-14(13)19(15)10-16(20)17-11(2)12-8-9-12/h4-7,11-12H,3,8-10H2,1-2H3,(H,17,20). The summed E-state index contributed by atoms with van der Waals surface area (Å²) in [6, 6.07) is 8.29. The highest BCUT2D eigenvalue weighted by atomic mass is 16.2. The molecule has 106 valence electrons. The van der Waals surface area contributed by atoms with E-state index in [1.807, 2.05) is 28.8 Å². The number of hydrogen-bond donors (Lipinski definition) is 1. The maximum atomic E-state index is 12.2. The maximum absolute atomic E-state index is 12.2. The molecule has 1 amide bonds. The van der Waals surface area contributed by atoms with Gasteiger partial charge < -0.3 is 9.88 Å². The van der Waals surface area contributed by atoms with Crippen LogP contribution in [-0.2, 0) is 17.8 Å². The molecule has 20 heavy (non-hydrogen) atoms. The van der Waals surface area contributed by atoms with Gasteiger partial charge in [-0.15, -0.1) is 0 Å². The fourth-order valence-corrected chi connectivity index (χ4v) is 2.73. The van der Waals surface area contributed by atoms with Gasteiger partial charge in [-0.1, -0.05) is 19.1 Å². The lowest BCUT2D eigenvalue weighted by atomic mass is 10.2. The van der Waals surface area contributed by atoms with E-state index in [2.05, 4.69) is 24.1 Å². The molecule has 1 fully saturated rings. The number of imidazole rings is 1. The first-order valence-electron chi connectivity index (χ1n) is 7.42. The van der Waals surface area contributed by atoms with Gasteiger partial charge in [-0.2, -0.15) is 0 Å². The third-order valence-corrected chi connectivity index (χ3v) is 4.07. The highest BCUT2D eigenvalue weighted by Crippen LogP contribution is 2.32. The topological polar surface area (TPSA) is 46.9 Å². The van der Waals surface area contributed by atoms with E-state index >= 15 is 0 Å². The zero-order valence-electron chi connectivity index (χ0n) is 12.1. The molecular weight excluding hydrogens is 250 g/mol. The molecule has 1 aliphatic carbocycles. The molecule has 4 heteroatoms. The number of carbonyl (C=O) groups is 1. The third kappa shape index (κ3) is 2.55. The molecule has 1 saturated carbocycles. The Kier molecular flexibility index (Phi) is 3.47. The Morgan fingerprint density at radius 3 is 2.90 bits per heavy atom. The predicted octanol–water partition coefficient (Wildman–Crippen LogP) is 2.51. The summed E-state index contributed by atoms with van der Waals surface area (Å²) in [5.41, 5.74) is 2.01. The van der Waals surface area contributed by atoms with E-state index in [1.54, 1.807) is 0 Å². The van der Waals surface area contributed by atoms with E-state index in [9.17, 15) is 4.79 Å². The van der Waals surface area contributed by atoms with Crippen molar-refractivity contribution in [1.29, 1.82) is 0 Å². The van der Waals surface area contributed by atoms with Crippen molar-refractivity contribution in [2.75, 3.05) is 0 Å². The lowest BCUT2D eigenvalue weighted by Crippen LogP contribution is -2.36. The minimum atomic E-state index is 0.0854. The molecular formula is C16H21N3O. The number of amides is 1. The van der Waals surface area contributed by atoms with Gasteiger partial charge in [0.2, 0.25) is 5.91 Å². The molecule has 1 aromatic heterocycles. The molecule has 0 spiro atoms. The second-order valence-electron chi connectivity index (χ2n) is 5.65. The van der Waals surface area contributed by atoms with E-state index in [0.717, 1.165) is 23.3 Å². The Hall–Kier alpha value is -1.84. The van der Waals surface area contributed by atoms with Crippen LogP contribution in [0.1, 0.15) is 32.5 Å². The van der Waals surface area contributed by atoms with Gasteiger partial charge in [-0.25, -0.2) is 4.98 Å². The summed E-state index contributed by atoms with van der Waals surface area (Å²) >= 11 is 0. The molecule has 0 aliphatic heterocycles. The number of rotatable bonds is 5. The predicted molar refractivity (Wildman–Crippen MR) is 79.4 cm³/mol. The molecule has 0 bridgehead atoms.